The van der Waals surface area contributed by atoms with Crippen molar-refractivity contribution in [3.8, 4) is 0 Å². The lowest BCUT2D eigenvalue weighted by atomic mass is 10.2. The molecular weight excluding hydrogens is 216 g/mol. The van der Waals surface area contributed by atoms with Crippen LogP contribution in [0.2, 0.25) is 0 Å². The molecule has 1 atom stereocenters. The van der Waals surface area contributed by atoms with E-state index in [4.69, 9.17) is 5.73 Å². The smallest absolute Gasteiger partial charge is 0.159 e. The van der Waals surface area contributed by atoms with Crippen molar-refractivity contribution in [3.63, 3.8) is 0 Å². The molecular formula is C11H15F2NS. The highest BCUT2D eigenvalue weighted by molar-refractivity contribution is 7.99. The molecule has 84 valence electrons. The highest BCUT2D eigenvalue weighted by Gasteiger charge is 2.05. The SMILES string of the molecule is CC(CCN)SCc1ccc(F)c(F)c1. The minimum Gasteiger partial charge on any atom is -0.330 e. The topological polar surface area (TPSA) is 26.0 Å². The number of halogens is 2. The number of benzene rings is 1. The molecule has 0 radical (unpaired) electrons. The van der Waals surface area contributed by atoms with Crippen molar-refractivity contribution in [2.45, 2.75) is 24.3 Å². The van der Waals surface area contributed by atoms with Gasteiger partial charge < -0.3 is 5.73 Å². The first-order valence-electron chi connectivity index (χ1n) is 4.89. The zero-order valence-corrected chi connectivity index (χ0v) is 9.49. The highest BCUT2D eigenvalue weighted by atomic mass is 32.2. The number of hydrogen-bond acceptors (Lipinski definition) is 2. The summed E-state index contributed by atoms with van der Waals surface area (Å²) < 4.78 is 25.5. The van der Waals surface area contributed by atoms with Crippen molar-refractivity contribution in [2.24, 2.45) is 5.73 Å². The van der Waals surface area contributed by atoms with E-state index in [-0.39, 0.29) is 0 Å². The summed E-state index contributed by atoms with van der Waals surface area (Å²) in [5.74, 6) is -0.878. The van der Waals surface area contributed by atoms with E-state index in [9.17, 15) is 8.78 Å². The largest absolute Gasteiger partial charge is 0.330 e. The molecule has 0 heterocycles. The van der Waals surface area contributed by atoms with Gasteiger partial charge >= 0.3 is 0 Å². The molecule has 1 nitrogen and oxygen atoms in total. The molecule has 4 heteroatoms. The summed E-state index contributed by atoms with van der Waals surface area (Å²) in [7, 11) is 0. The van der Waals surface area contributed by atoms with Crippen LogP contribution >= 0.6 is 11.8 Å². The summed E-state index contributed by atoms with van der Waals surface area (Å²) in [5, 5.41) is 0.447. The molecule has 0 aliphatic carbocycles. The third-order valence-corrected chi connectivity index (χ3v) is 3.40. The van der Waals surface area contributed by atoms with Gasteiger partial charge in [0.05, 0.1) is 0 Å². The van der Waals surface area contributed by atoms with E-state index in [1.165, 1.54) is 12.1 Å². The van der Waals surface area contributed by atoms with Crippen molar-refractivity contribution in [3.05, 3.63) is 35.4 Å². The third-order valence-electron chi connectivity index (χ3n) is 2.09. The van der Waals surface area contributed by atoms with Crippen LogP contribution in [0.5, 0.6) is 0 Å². The molecule has 2 N–H and O–H groups in total. The van der Waals surface area contributed by atoms with Gasteiger partial charge in [0, 0.05) is 11.0 Å². The van der Waals surface area contributed by atoms with Gasteiger partial charge in [-0.1, -0.05) is 13.0 Å². The highest BCUT2D eigenvalue weighted by Crippen LogP contribution is 2.20. The van der Waals surface area contributed by atoms with Crippen LogP contribution in [0.25, 0.3) is 0 Å². The van der Waals surface area contributed by atoms with Gasteiger partial charge in [-0.15, -0.1) is 0 Å². The van der Waals surface area contributed by atoms with Crippen LogP contribution in [-0.2, 0) is 5.75 Å². The molecule has 0 saturated carbocycles. The lowest BCUT2D eigenvalue weighted by Crippen LogP contribution is -2.07. The molecule has 0 spiro atoms. The van der Waals surface area contributed by atoms with Crippen LogP contribution in [0.3, 0.4) is 0 Å². The Morgan fingerprint density at radius 1 is 1.33 bits per heavy atom. The molecule has 0 bridgehead atoms. The van der Waals surface area contributed by atoms with Gasteiger partial charge in [0.15, 0.2) is 11.6 Å². The summed E-state index contributed by atoms with van der Waals surface area (Å²) >= 11 is 1.70. The van der Waals surface area contributed by atoms with E-state index in [2.05, 4.69) is 6.92 Å². The molecule has 15 heavy (non-hydrogen) atoms. The minimum absolute atomic E-state index is 0.447. The fourth-order valence-electron chi connectivity index (χ4n) is 1.19. The average Bonchev–Trinajstić information content (AvgIpc) is 2.20. The van der Waals surface area contributed by atoms with Gasteiger partial charge in [-0.3, -0.25) is 0 Å². The third kappa shape index (κ3) is 4.18. The van der Waals surface area contributed by atoms with Crippen molar-refractivity contribution in [2.75, 3.05) is 6.54 Å². The standard InChI is InChI=1S/C11H15F2NS/c1-8(4-5-14)15-7-9-2-3-10(12)11(13)6-9/h2-3,6,8H,4-5,7,14H2,1H3. The van der Waals surface area contributed by atoms with Crippen LogP contribution in [0, 0.1) is 11.6 Å². The lowest BCUT2D eigenvalue weighted by Gasteiger charge is -2.09. The van der Waals surface area contributed by atoms with E-state index >= 15 is 0 Å². The normalized spacial score (nSPS) is 12.8. The Morgan fingerprint density at radius 3 is 2.67 bits per heavy atom. The summed E-state index contributed by atoms with van der Waals surface area (Å²) in [6, 6.07) is 4.02. The zero-order valence-electron chi connectivity index (χ0n) is 8.67. The van der Waals surface area contributed by atoms with Gasteiger partial charge in [0.25, 0.3) is 0 Å². The van der Waals surface area contributed by atoms with E-state index in [0.29, 0.717) is 17.5 Å². The first-order valence-corrected chi connectivity index (χ1v) is 5.94. The average molecular weight is 231 g/mol. The van der Waals surface area contributed by atoms with Gasteiger partial charge in [-0.2, -0.15) is 11.8 Å². The Hall–Kier alpha value is -0.610. The molecule has 0 aliphatic rings. The zero-order chi connectivity index (χ0) is 11.3. The van der Waals surface area contributed by atoms with E-state index in [1.54, 1.807) is 17.8 Å². The summed E-state index contributed by atoms with van der Waals surface area (Å²) in [5.41, 5.74) is 6.23. The van der Waals surface area contributed by atoms with Crippen molar-refractivity contribution >= 4 is 11.8 Å². The van der Waals surface area contributed by atoms with Gasteiger partial charge in [-0.25, -0.2) is 8.78 Å². The Bertz CT molecular complexity index is 317. The molecule has 1 aromatic carbocycles. The second-order valence-electron chi connectivity index (χ2n) is 3.45. The maximum atomic E-state index is 12.8. The fourth-order valence-corrected chi connectivity index (χ4v) is 2.15. The second-order valence-corrected chi connectivity index (χ2v) is 4.87. The summed E-state index contributed by atoms with van der Waals surface area (Å²) in [6.45, 7) is 2.74. The van der Waals surface area contributed by atoms with Crippen molar-refractivity contribution < 1.29 is 8.78 Å². The van der Waals surface area contributed by atoms with E-state index < -0.39 is 11.6 Å². The number of rotatable bonds is 5. The van der Waals surface area contributed by atoms with Crippen molar-refractivity contribution in [1.82, 2.24) is 0 Å². The van der Waals surface area contributed by atoms with Crippen LogP contribution in [0.1, 0.15) is 18.9 Å². The van der Waals surface area contributed by atoms with Crippen LogP contribution in [0.15, 0.2) is 18.2 Å². The van der Waals surface area contributed by atoms with Crippen LogP contribution in [0.4, 0.5) is 8.78 Å². The van der Waals surface area contributed by atoms with Gasteiger partial charge in [0.1, 0.15) is 0 Å². The first-order chi connectivity index (χ1) is 7.13. The molecule has 0 saturated heterocycles. The summed E-state index contributed by atoms with van der Waals surface area (Å²) in [4.78, 5) is 0. The number of nitrogens with two attached hydrogens (primary N) is 1. The van der Waals surface area contributed by atoms with Crippen LogP contribution in [-0.4, -0.2) is 11.8 Å². The Kier molecular flexibility index (Phi) is 5.05. The predicted octanol–water partition coefficient (Wildman–Crippen LogP) is 2.94. The molecule has 1 aromatic rings. The number of thioether (sulfide) groups is 1. The maximum Gasteiger partial charge on any atom is 0.159 e. The van der Waals surface area contributed by atoms with Crippen LogP contribution < -0.4 is 5.73 Å². The molecule has 0 amide bonds. The van der Waals surface area contributed by atoms with Gasteiger partial charge in [-0.05, 0) is 30.7 Å². The quantitative estimate of drug-likeness (QED) is 0.843. The predicted molar refractivity (Wildman–Crippen MR) is 60.8 cm³/mol. The Morgan fingerprint density at radius 2 is 2.07 bits per heavy atom. The van der Waals surface area contributed by atoms with E-state index in [1.807, 2.05) is 0 Å². The Balaban J connectivity index is 2.47. The molecule has 0 aromatic heterocycles. The maximum absolute atomic E-state index is 12.8. The fraction of sp³-hybridized carbons (Fsp3) is 0.455. The van der Waals surface area contributed by atoms with E-state index in [0.717, 1.165) is 12.0 Å². The molecule has 0 aliphatic heterocycles. The first kappa shape index (κ1) is 12.5. The minimum atomic E-state index is -0.793. The lowest BCUT2D eigenvalue weighted by molar-refractivity contribution is 0.507. The monoisotopic (exact) mass is 231 g/mol. The number of hydrogen-bond donors (Lipinski definition) is 1. The molecule has 0 fully saturated rings. The van der Waals surface area contributed by atoms with Crippen molar-refractivity contribution in [1.29, 1.82) is 0 Å². The van der Waals surface area contributed by atoms with Gasteiger partial charge in [0.2, 0.25) is 0 Å². The summed E-state index contributed by atoms with van der Waals surface area (Å²) in [6.07, 6.45) is 0.939. The molecule has 1 unspecified atom stereocenters. The Labute approximate surface area is 93.1 Å². The molecule has 1 rings (SSSR count). The second kappa shape index (κ2) is 6.08.